The minimum atomic E-state index is -0.441. The summed E-state index contributed by atoms with van der Waals surface area (Å²) in [5.41, 5.74) is 3.68. The number of halogens is 1. The Kier molecular flexibility index (Phi) is 6.21. The van der Waals surface area contributed by atoms with Crippen LogP contribution in [0.2, 0.25) is 0 Å². The number of rotatable bonds is 7. The van der Waals surface area contributed by atoms with Crippen LogP contribution in [0.3, 0.4) is 0 Å². The number of hydrogen-bond donors (Lipinski definition) is 2. The lowest BCUT2D eigenvalue weighted by Crippen LogP contribution is -2.48. The van der Waals surface area contributed by atoms with Crippen molar-refractivity contribution >= 4 is 28.8 Å². The van der Waals surface area contributed by atoms with Crippen LogP contribution in [0.25, 0.3) is 33.4 Å². The van der Waals surface area contributed by atoms with Crippen molar-refractivity contribution < 1.29 is 27.9 Å². The first kappa shape index (κ1) is 25.8. The summed E-state index contributed by atoms with van der Waals surface area (Å²) in [6, 6.07) is 16.5. The maximum atomic E-state index is 13.6. The number of benzene rings is 3. The first-order valence-electron chi connectivity index (χ1n) is 13.3. The molecule has 4 aromatic rings. The molecule has 0 saturated heterocycles. The van der Waals surface area contributed by atoms with Gasteiger partial charge in [-0.2, -0.15) is 0 Å². The Hall–Kier alpha value is -4.46. The molecule has 0 spiro atoms. The fourth-order valence-corrected chi connectivity index (χ4v) is 6.09. The third kappa shape index (κ3) is 4.24. The highest BCUT2D eigenvalue weighted by Crippen LogP contribution is 2.63. The Balaban J connectivity index is 1.48. The Morgan fingerprint density at radius 1 is 1.05 bits per heavy atom. The van der Waals surface area contributed by atoms with E-state index in [-0.39, 0.29) is 29.5 Å². The monoisotopic (exact) mass is 540 g/mol. The van der Waals surface area contributed by atoms with E-state index in [0.29, 0.717) is 56.2 Å². The second-order valence-corrected chi connectivity index (χ2v) is 10.8. The zero-order valence-electron chi connectivity index (χ0n) is 22.5. The molecule has 0 radical (unpaired) electrons. The maximum Gasteiger partial charge on any atom is 0.310 e. The van der Waals surface area contributed by atoms with Gasteiger partial charge in [-0.15, -0.1) is 0 Å². The van der Waals surface area contributed by atoms with Crippen molar-refractivity contribution in [3.63, 3.8) is 0 Å². The van der Waals surface area contributed by atoms with Crippen molar-refractivity contribution in [1.82, 2.24) is 10.6 Å². The van der Waals surface area contributed by atoms with E-state index in [2.05, 4.69) is 17.6 Å². The van der Waals surface area contributed by atoms with Crippen LogP contribution in [0.5, 0.6) is 0 Å². The standard InChI is InChI=1S/C32H29FN2O5/c1-17-11-22-16-32(17,22)35-30(37)20-6-4-5-19(12-20)24-15-25-26(13-21(24)14-27(36)39-3)40-29(28(25)31(38)34-2)18-7-9-23(33)10-8-18/h4-10,12-13,15,17,22H,11,14,16H2,1-3H3,(H,34,38)(H,35,37). The number of amides is 2. The van der Waals surface area contributed by atoms with Gasteiger partial charge in [-0.3, -0.25) is 14.4 Å². The number of furan rings is 1. The van der Waals surface area contributed by atoms with Crippen molar-refractivity contribution in [2.24, 2.45) is 11.8 Å². The van der Waals surface area contributed by atoms with Crippen LogP contribution in [0.1, 0.15) is 46.0 Å². The van der Waals surface area contributed by atoms with E-state index in [4.69, 9.17) is 9.15 Å². The average Bonchev–Trinajstić information content (AvgIpc) is 3.37. The lowest BCUT2D eigenvalue weighted by atomic mass is 9.80. The Morgan fingerprint density at radius 3 is 2.48 bits per heavy atom. The summed E-state index contributed by atoms with van der Waals surface area (Å²) in [5, 5.41) is 6.43. The van der Waals surface area contributed by atoms with Gasteiger partial charge in [0, 0.05) is 29.1 Å². The molecule has 204 valence electrons. The molecule has 2 saturated carbocycles. The van der Waals surface area contributed by atoms with Crippen LogP contribution >= 0.6 is 0 Å². The largest absolute Gasteiger partial charge is 0.469 e. The molecule has 0 aliphatic heterocycles. The minimum Gasteiger partial charge on any atom is -0.469 e. The Morgan fingerprint density at radius 2 is 1.82 bits per heavy atom. The van der Waals surface area contributed by atoms with E-state index in [1.165, 1.54) is 26.3 Å². The Bertz CT molecular complexity index is 1670. The molecular formula is C32H29FN2O5. The van der Waals surface area contributed by atoms with E-state index < -0.39 is 11.8 Å². The molecule has 1 heterocycles. The topological polar surface area (TPSA) is 97.6 Å². The van der Waals surface area contributed by atoms with Gasteiger partial charge in [-0.1, -0.05) is 19.1 Å². The summed E-state index contributed by atoms with van der Waals surface area (Å²) in [6.07, 6.45) is 2.14. The molecule has 2 amide bonds. The molecule has 2 N–H and O–H groups in total. The smallest absolute Gasteiger partial charge is 0.310 e. The van der Waals surface area contributed by atoms with Crippen LogP contribution in [0.4, 0.5) is 4.39 Å². The highest BCUT2D eigenvalue weighted by atomic mass is 19.1. The predicted molar refractivity (Wildman–Crippen MR) is 148 cm³/mol. The van der Waals surface area contributed by atoms with Crippen LogP contribution < -0.4 is 10.6 Å². The number of ether oxygens (including phenoxy) is 1. The number of carbonyl (C=O) groups excluding carboxylic acids is 3. The van der Waals surface area contributed by atoms with Gasteiger partial charge in [0.1, 0.15) is 17.2 Å². The zero-order chi connectivity index (χ0) is 28.2. The van der Waals surface area contributed by atoms with Crippen molar-refractivity contribution in [2.75, 3.05) is 14.2 Å². The number of nitrogens with one attached hydrogen (secondary N) is 2. The first-order chi connectivity index (χ1) is 19.2. The molecule has 3 aromatic carbocycles. The van der Waals surface area contributed by atoms with Gasteiger partial charge in [0.15, 0.2) is 0 Å². The lowest BCUT2D eigenvalue weighted by molar-refractivity contribution is -0.139. The van der Waals surface area contributed by atoms with Crippen molar-refractivity contribution in [2.45, 2.75) is 31.7 Å². The number of fused-ring (bicyclic) bond motifs is 2. The summed E-state index contributed by atoms with van der Waals surface area (Å²) < 4.78 is 24.7. The summed E-state index contributed by atoms with van der Waals surface area (Å²) in [5.74, 6) is -0.0103. The van der Waals surface area contributed by atoms with Gasteiger partial charge >= 0.3 is 5.97 Å². The number of carbonyl (C=O) groups is 3. The summed E-state index contributed by atoms with van der Waals surface area (Å²) in [4.78, 5) is 38.7. The normalized spacial score (nSPS) is 20.8. The van der Waals surface area contributed by atoms with E-state index in [9.17, 15) is 18.8 Å². The molecule has 3 atom stereocenters. The highest BCUT2D eigenvalue weighted by Gasteiger charge is 2.66. The molecule has 2 aliphatic carbocycles. The summed E-state index contributed by atoms with van der Waals surface area (Å²) >= 11 is 0. The summed E-state index contributed by atoms with van der Waals surface area (Å²) in [7, 11) is 2.85. The lowest BCUT2D eigenvalue weighted by Gasteiger charge is -2.34. The van der Waals surface area contributed by atoms with Crippen LogP contribution in [-0.4, -0.2) is 37.5 Å². The van der Waals surface area contributed by atoms with E-state index in [1.54, 1.807) is 36.4 Å². The quantitative estimate of drug-likeness (QED) is 0.301. The van der Waals surface area contributed by atoms with E-state index >= 15 is 0 Å². The molecule has 1 aromatic heterocycles. The van der Waals surface area contributed by atoms with Crippen molar-refractivity contribution in [3.8, 4) is 22.5 Å². The van der Waals surface area contributed by atoms with Gasteiger partial charge in [0.05, 0.1) is 19.1 Å². The Labute approximate surface area is 230 Å². The van der Waals surface area contributed by atoms with Crippen molar-refractivity contribution in [3.05, 3.63) is 83.2 Å². The molecule has 8 heteroatoms. The molecule has 2 fully saturated rings. The van der Waals surface area contributed by atoms with Crippen LogP contribution in [0.15, 0.2) is 65.1 Å². The fourth-order valence-electron chi connectivity index (χ4n) is 6.09. The van der Waals surface area contributed by atoms with Gasteiger partial charge in [0.25, 0.3) is 11.8 Å². The van der Waals surface area contributed by atoms with Crippen molar-refractivity contribution in [1.29, 1.82) is 0 Å². The molecular weight excluding hydrogens is 511 g/mol. The van der Waals surface area contributed by atoms with Gasteiger partial charge in [0.2, 0.25) is 0 Å². The molecule has 2 aliphatic rings. The number of esters is 1. The minimum absolute atomic E-state index is 0.0393. The van der Waals surface area contributed by atoms with E-state index in [0.717, 1.165) is 12.8 Å². The zero-order valence-corrected chi connectivity index (χ0v) is 22.5. The maximum absolute atomic E-state index is 13.6. The number of hydrogen-bond acceptors (Lipinski definition) is 5. The van der Waals surface area contributed by atoms with E-state index in [1.807, 2.05) is 12.1 Å². The second kappa shape index (κ2) is 9.62. The van der Waals surface area contributed by atoms with Crippen LogP contribution in [-0.2, 0) is 16.0 Å². The van der Waals surface area contributed by atoms with Gasteiger partial charge in [-0.25, -0.2) is 4.39 Å². The van der Waals surface area contributed by atoms with Gasteiger partial charge in [-0.05, 0) is 89.9 Å². The van der Waals surface area contributed by atoms with Gasteiger partial charge < -0.3 is 19.8 Å². The fraction of sp³-hybridized carbons (Fsp3) is 0.281. The average molecular weight is 541 g/mol. The molecule has 3 unspecified atom stereocenters. The SMILES string of the molecule is CNC(=O)c1c(-c2ccc(F)cc2)oc2cc(CC(=O)OC)c(-c3cccc(C(=O)NC45CC4CC5C)c3)cc12. The molecule has 0 bridgehead atoms. The molecule has 6 rings (SSSR count). The first-order valence-corrected chi connectivity index (χ1v) is 13.3. The van der Waals surface area contributed by atoms with Crippen LogP contribution in [0, 0.1) is 17.7 Å². The predicted octanol–water partition coefficient (Wildman–Crippen LogP) is 5.51. The summed E-state index contributed by atoms with van der Waals surface area (Å²) in [6.45, 7) is 2.17. The highest BCUT2D eigenvalue weighted by molar-refractivity contribution is 6.12. The third-order valence-electron chi connectivity index (χ3n) is 8.49. The second-order valence-electron chi connectivity index (χ2n) is 10.8. The molecule has 7 nitrogen and oxygen atoms in total. The molecule has 40 heavy (non-hydrogen) atoms. The number of methoxy groups -OCH3 is 1. The third-order valence-corrected chi connectivity index (χ3v) is 8.49.